The lowest BCUT2D eigenvalue weighted by molar-refractivity contribution is 0.146. The molecule has 1 fully saturated rings. The van der Waals surface area contributed by atoms with Crippen LogP contribution >= 0.6 is 0 Å². The van der Waals surface area contributed by atoms with Crippen LogP contribution in [0.2, 0.25) is 0 Å². The van der Waals surface area contributed by atoms with Crippen molar-refractivity contribution in [3.05, 3.63) is 73.1 Å². The fraction of sp³-hybridized carbons (Fsp3) is 0.280. The Hall–Kier alpha value is -3.18. The Labute approximate surface area is 176 Å². The molecule has 1 aliphatic heterocycles. The highest BCUT2D eigenvalue weighted by atomic mass is 16.5. The number of ether oxygens (including phenoxy) is 1. The van der Waals surface area contributed by atoms with Gasteiger partial charge in [-0.2, -0.15) is 0 Å². The maximum Gasteiger partial charge on any atom is 0.232 e. The fourth-order valence-electron chi connectivity index (χ4n) is 4.29. The van der Waals surface area contributed by atoms with E-state index >= 15 is 0 Å². The number of fused-ring (bicyclic) bond motifs is 1. The van der Waals surface area contributed by atoms with Crippen LogP contribution in [0.4, 0.5) is 0 Å². The number of rotatable bonds is 5. The Balaban J connectivity index is 1.46. The molecule has 5 nitrogen and oxygen atoms in total. The first-order chi connectivity index (χ1) is 14.8. The van der Waals surface area contributed by atoms with Gasteiger partial charge in [0.15, 0.2) is 5.65 Å². The van der Waals surface area contributed by atoms with Gasteiger partial charge in [-0.3, -0.25) is 0 Å². The predicted molar refractivity (Wildman–Crippen MR) is 120 cm³/mol. The number of hydrogen-bond acceptors (Lipinski definition) is 4. The van der Waals surface area contributed by atoms with Crippen molar-refractivity contribution < 1.29 is 4.74 Å². The van der Waals surface area contributed by atoms with E-state index in [4.69, 9.17) is 4.74 Å². The molecule has 0 spiro atoms. The highest BCUT2D eigenvalue weighted by Gasteiger charge is 2.19. The summed E-state index contributed by atoms with van der Waals surface area (Å²) in [5.41, 5.74) is 5.36. The predicted octanol–water partition coefficient (Wildman–Crippen LogP) is 4.78. The van der Waals surface area contributed by atoms with Crippen LogP contribution in [-0.2, 0) is 0 Å². The van der Waals surface area contributed by atoms with Gasteiger partial charge in [-0.05, 0) is 49.2 Å². The van der Waals surface area contributed by atoms with Gasteiger partial charge >= 0.3 is 0 Å². The van der Waals surface area contributed by atoms with Crippen LogP contribution in [0.5, 0.6) is 5.88 Å². The molecule has 5 rings (SSSR count). The van der Waals surface area contributed by atoms with E-state index in [1.807, 2.05) is 22.8 Å². The van der Waals surface area contributed by atoms with E-state index in [2.05, 4.69) is 70.6 Å². The minimum absolute atomic E-state index is 0.550. The second-order valence-corrected chi connectivity index (χ2v) is 8.12. The highest BCUT2D eigenvalue weighted by Crippen LogP contribution is 2.30. The average molecular weight is 399 g/mol. The average Bonchev–Trinajstić information content (AvgIpc) is 3.27. The monoisotopic (exact) mass is 398 g/mol. The van der Waals surface area contributed by atoms with Gasteiger partial charge in [-0.25, -0.2) is 9.50 Å². The van der Waals surface area contributed by atoms with Gasteiger partial charge in [0, 0.05) is 36.5 Å². The van der Waals surface area contributed by atoms with Crippen LogP contribution in [0.15, 0.2) is 73.1 Å². The third-order valence-electron chi connectivity index (χ3n) is 5.81. The molecule has 3 heterocycles. The minimum Gasteiger partial charge on any atom is -0.476 e. The molecule has 5 heteroatoms. The van der Waals surface area contributed by atoms with E-state index in [1.165, 1.54) is 30.5 Å². The zero-order valence-corrected chi connectivity index (χ0v) is 17.2. The van der Waals surface area contributed by atoms with Crippen molar-refractivity contribution in [1.82, 2.24) is 19.5 Å². The van der Waals surface area contributed by atoms with Gasteiger partial charge in [-0.15, -0.1) is 5.10 Å². The topological polar surface area (TPSA) is 42.7 Å². The van der Waals surface area contributed by atoms with Gasteiger partial charge in [0.05, 0.1) is 6.61 Å². The molecule has 1 saturated heterocycles. The normalized spacial score (nSPS) is 17.3. The van der Waals surface area contributed by atoms with Crippen molar-refractivity contribution in [2.24, 2.45) is 5.92 Å². The Morgan fingerprint density at radius 1 is 1.00 bits per heavy atom. The first kappa shape index (κ1) is 18.8. The molecule has 0 amide bonds. The molecule has 4 aromatic rings. The lowest BCUT2D eigenvalue weighted by Crippen LogP contribution is -2.34. The molecule has 1 atom stereocenters. The summed E-state index contributed by atoms with van der Waals surface area (Å²) in [4.78, 5) is 6.92. The van der Waals surface area contributed by atoms with E-state index < -0.39 is 0 Å². The van der Waals surface area contributed by atoms with E-state index in [-0.39, 0.29) is 0 Å². The molecule has 0 radical (unpaired) electrons. The van der Waals surface area contributed by atoms with Gasteiger partial charge in [-0.1, -0.05) is 48.5 Å². The Bertz CT molecular complexity index is 1140. The number of hydrogen-bond donors (Lipinski definition) is 0. The zero-order chi connectivity index (χ0) is 20.3. The molecule has 152 valence electrons. The second kappa shape index (κ2) is 8.28. The van der Waals surface area contributed by atoms with Crippen LogP contribution in [0, 0.1) is 5.92 Å². The summed E-state index contributed by atoms with van der Waals surface area (Å²) in [5, 5.41) is 4.62. The van der Waals surface area contributed by atoms with Gasteiger partial charge < -0.3 is 9.64 Å². The van der Waals surface area contributed by atoms with Crippen molar-refractivity contribution in [3.8, 4) is 28.1 Å². The largest absolute Gasteiger partial charge is 0.476 e. The second-order valence-electron chi connectivity index (χ2n) is 8.12. The molecule has 0 N–H and O–H groups in total. The lowest BCUT2D eigenvalue weighted by Gasteiger charge is -2.29. The first-order valence-electron chi connectivity index (χ1n) is 10.6. The summed E-state index contributed by atoms with van der Waals surface area (Å²) in [6.45, 7) is 2.96. The summed E-state index contributed by atoms with van der Waals surface area (Å²) in [5.74, 6) is 1.20. The summed E-state index contributed by atoms with van der Waals surface area (Å²) in [6.07, 6.45) is 6.10. The molecule has 2 aromatic carbocycles. The minimum atomic E-state index is 0.550. The van der Waals surface area contributed by atoms with Gasteiger partial charge in [0.2, 0.25) is 5.88 Å². The Morgan fingerprint density at radius 3 is 2.70 bits per heavy atom. The highest BCUT2D eigenvalue weighted by molar-refractivity contribution is 5.81. The number of imidazole rings is 1. The zero-order valence-electron chi connectivity index (χ0n) is 17.2. The molecule has 0 saturated carbocycles. The summed E-state index contributed by atoms with van der Waals surface area (Å²) >= 11 is 0. The van der Waals surface area contributed by atoms with Crippen molar-refractivity contribution in [2.75, 3.05) is 26.7 Å². The molecule has 2 aromatic heterocycles. The summed E-state index contributed by atoms with van der Waals surface area (Å²) in [7, 11) is 2.18. The Morgan fingerprint density at radius 2 is 1.83 bits per heavy atom. The molecule has 1 unspecified atom stereocenters. The van der Waals surface area contributed by atoms with E-state index in [1.54, 1.807) is 6.20 Å². The summed E-state index contributed by atoms with van der Waals surface area (Å²) < 4.78 is 7.97. The number of nitrogens with zero attached hydrogens (tertiary/aromatic N) is 4. The van der Waals surface area contributed by atoms with Crippen LogP contribution in [0.25, 0.3) is 27.9 Å². The van der Waals surface area contributed by atoms with Crippen LogP contribution < -0.4 is 4.74 Å². The number of aromatic nitrogens is 3. The van der Waals surface area contributed by atoms with E-state index in [9.17, 15) is 0 Å². The number of benzene rings is 2. The smallest absolute Gasteiger partial charge is 0.232 e. The van der Waals surface area contributed by atoms with E-state index in [0.29, 0.717) is 18.4 Å². The first-order valence-corrected chi connectivity index (χ1v) is 10.6. The maximum absolute atomic E-state index is 6.16. The molecular weight excluding hydrogens is 372 g/mol. The SMILES string of the molecule is CN1CCCC(COc2cc(-c3cccc(-c4ccccc4)c3)c3nccn3n2)C1. The van der Waals surface area contributed by atoms with Crippen LogP contribution in [0.1, 0.15) is 12.8 Å². The molecular formula is C25H26N4O. The molecule has 30 heavy (non-hydrogen) atoms. The number of likely N-dealkylation sites (tertiary alicyclic amines) is 1. The van der Waals surface area contributed by atoms with Gasteiger partial charge in [0.1, 0.15) is 0 Å². The third-order valence-corrected chi connectivity index (χ3v) is 5.81. The quantitative estimate of drug-likeness (QED) is 0.485. The van der Waals surface area contributed by atoms with Crippen molar-refractivity contribution in [3.63, 3.8) is 0 Å². The van der Waals surface area contributed by atoms with Crippen molar-refractivity contribution >= 4 is 5.65 Å². The maximum atomic E-state index is 6.16. The third kappa shape index (κ3) is 3.94. The fourth-order valence-corrected chi connectivity index (χ4v) is 4.29. The summed E-state index contributed by atoms with van der Waals surface area (Å²) in [6, 6.07) is 21.0. The standard InChI is InChI=1S/C25H26N4O/c1-28-13-6-7-19(17-28)18-30-24-16-23(25-26-12-14-29(25)27-24)22-11-5-10-21(15-22)20-8-3-2-4-9-20/h2-5,8-12,14-16,19H,6-7,13,17-18H2,1H3. The molecule has 0 bridgehead atoms. The Kier molecular flexibility index (Phi) is 5.20. The van der Waals surface area contributed by atoms with Crippen molar-refractivity contribution in [2.45, 2.75) is 12.8 Å². The number of piperidine rings is 1. The van der Waals surface area contributed by atoms with Crippen LogP contribution in [-0.4, -0.2) is 46.2 Å². The van der Waals surface area contributed by atoms with Crippen molar-refractivity contribution in [1.29, 1.82) is 0 Å². The van der Waals surface area contributed by atoms with Gasteiger partial charge in [0.25, 0.3) is 0 Å². The van der Waals surface area contributed by atoms with E-state index in [0.717, 1.165) is 23.3 Å². The molecule has 0 aliphatic carbocycles. The molecule has 1 aliphatic rings. The van der Waals surface area contributed by atoms with Crippen LogP contribution in [0.3, 0.4) is 0 Å². The lowest BCUT2D eigenvalue weighted by atomic mass is 9.99.